The standard InChI is InChI=1S/C23H16ClF5N4O2/c24-19-17(21(34)32-7-4-22(26,5-8-32)18-16(25)2-1-6-30-18)31-20-15(23(27,28)29)10-14(11-33(19)20)13-3-9-35-12-13/h1-3,6,9-12H,4-5,7-8H2. The lowest BCUT2D eigenvalue weighted by atomic mass is 9.89. The minimum Gasteiger partial charge on any atom is -0.472 e. The highest BCUT2D eigenvalue weighted by atomic mass is 35.5. The first-order chi connectivity index (χ1) is 16.6. The number of hydrogen-bond donors (Lipinski definition) is 0. The van der Waals surface area contributed by atoms with Crippen molar-refractivity contribution in [3.63, 3.8) is 0 Å². The molecular formula is C23H16ClF5N4O2. The summed E-state index contributed by atoms with van der Waals surface area (Å²) in [5.41, 5.74) is -3.87. The lowest BCUT2D eigenvalue weighted by Crippen LogP contribution is -2.44. The highest BCUT2D eigenvalue weighted by Crippen LogP contribution is 2.39. The van der Waals surface area contributed by atoms with Crippen molar-refractivity contribution in [2.45, 2.75) is 24.7 Å². The van der Waals surface area contributed by atoms with Gasteiger partial charge in [-0.1, -0.05) is 11.6 Å². The average Bonchev–Trinajstić information content (AvgIpc) is 3.47. The molecule has 12 heteroatoms. The van der Waals surface area contributed by atoms with Gasteiger partial charge in [0, 0.05) is 49.5 Å². The first-order valence-corrected chi connectivity index (χ1v) is 10.9. The molecule has 4 aromatic rings. The van der Waals surface area contributed by atoms with Gasteiger partial charge in [0.2, 0.25) is 0 Å². The third-order valence-electron chi connectivity index (χ3n) is 6.05. The molecule has 0 aliphatic carbocycles. The number of alkyl halides is 4. The number of pyridine rings is 2. The van der Waals surface area contributed by atoms with E-state index in [-0.39, 0.29) is 42.3 Å². The van der Waals surface area contributed by atoms with Crippen molar-refractivity contribution >= 4 is 23.2 Å². The highest BCUT2D eigenvalue weighted by molar-refractivity contribution is 6.33. The topological polar surface area (TPSA) is 63.6 Å². The van der Waals surface area contributed by atoms with Crippen LogP contribution in [-0.4, -0.2) is 38.3 Å². The molecule has 1 aliphatic rings. The number of amides is 1. The Bertz CT molecular complexity index is 1410. The molecule has 5 rings (SSSR count). The van der Waals surface area contributed by atoms with E-state index < -0.39 is 40.5 Å². The molecule has 0 spiro atoms. The molecule has 1 fully saturated rings. The van der Waals surface area contributed by atoms with Crippen LogP contribution in [0.5, 0.6) is 0 Å². The van der Waals surface area contributed by atoms with Crippen molar-refractivity contribution in [1.82, 2.24) is 19.3 Å². The Labute approximate surface area is 199 Å². The summed E-state index contributed by atoms with van der Waals surface area (Å²) in [6, 6.07) is 4.84. The number of imidazole rings is 1. The number of carbonyl (C=O) groups is 1. The van der Waals surface area contributed by atoms with Crippen LogP contribution in [0.2, 0.25) is 5.15 Å². The maximum Gasteiger partial charge on any atom is 0.420 e. The predicted molar refractivity (Wildman–Crippen MR) is 115 cm³/mol. The Kier molecular flexibility index (Phi) is 5.54. The van der Waals surface area contributed by atoms with Crippen molar-refractivity contribution in [3.8, 4) is 11.1 Å². The molecule has 1 saturated heterocycles. The van der Waals surface area contributed by atoms with Crippen LogP contribution < -0.4 is 0 Å². The fourth-order valence-electron chi connectivity index (χ4n) is 4.21. The maximum absolute atomic E-state index is 15.4. The normalized spacial score (nSPS) is 16.1. The van der Waals surface area contributed by atoms with E-state index >= 15 is 4.39 Å². The third-order valence-corrected chi connectivity index (χ3v) is 6.41. The predicted octanol–water partition coefficient (Wildman–Crippen LogP) is 5.90. The molecule has 6 nitrogen and oxygen atoms in total. The van der Waals surface area contributed by atoms with Crippen LogP contribution in [0, 0.1) is 5.82 Å². The van der Waals surface area contributed by atoms with Crippen LogP contribution in [0.1, 0.15) is 34.6 Å². The summed E-state index contributed by atoms with van der Waals surface area (Å²) in [6.45, 7) is -0.246. The van der Waals surface area contributed by atoms with E-state index in [1.54, 1.807) is 0 Å². The van der Waals surface area contributed by atoms with Crippen molar-refractivity contribution in [1.29, 1.82) is 0 Å². The molecule has 0 atom stereocenters. The largest absolute Gasteiger partial charge is 0.472 e. The van der Waals surface area contributed by atoms with Gasteiger partial charge < -0.3 is 9.32 Å². The monoisotopic (exact) mass is 510 g/mol. The lowest BCUT2D eigenvalue weighted by Gasteiger charge is -2.35. The van der Waals surface area contributed by atoms with Crippen LogP contribution in [-0.2, 0) is 11.8 Å². The zero-order valence-corrected chi connectivity index (χ0v) is 18.6. The Balaban J connectivity index is 1.48. The summed E-state index contributed by atoms with van der Waals surface area (Å²) in [4.78, 5) is 22.1. The number of aromatic nitrogens is 3. The molecule has 0 saturated carbocycles. The van der Waals surface area contributed by atoms with Gasteiger partial charge in [0.1, 0.15) is 16.7 Å². The lowest BCUT2D eigenvalue weighted by molar-refractivity contribution is -0.136. The Morgan fingerprint density at radius 3 is 2.54 bits per heavy atom. The number of piperidine rings is 1. The van der Waals surface area contributed by atoms with Crippen molar-refractivity contribution in [2.75, 3.05) is 13.1 Å². The molecule has 0 unspecified atom stereocenters. The Hall–Kier alpha value is -3.47. The molecule has 4 aromatic heterocycles. The molecular weight excluding hydrogens is 495 g/mol. The van der Waals surface area contributed by atoms with Crippen LogP contribution in [0.4, 0.5) is 22.0 Å². The number of furan rings is 1. The summed E-state index contributed by atoms with van der Waals surface area (Å²) in [5.74, 6) is -1.54. The SMILES string of the molecule is O=C(c1nc2c(C(F)(F)F)cc(-c3ccoc3)cn2c1Cl)N1CCC(F)(c2ncccc2F)CC1. The van der Waals surface area contributed by atoms with Crippen molar-refractivity contribution in [2.24, 2.45) is 0 Å². The number of hydrogen-bond acceptors (Lipinski definition) is 4. The summed E-state index contributed by atoms with van der Waals surface area (Å²) in [5, 5.41) is -0.311. The van der Waals surface area contributed by atoms with Crippen LogP contribution >= 0.6 is 11.6 Å². The van der Waals surface area contributed by atoms with Gasteiger partial charge in [-0.05, 0) is 24.3 Å². The molecule has 0 bridgehead atoms. The number of likely N-dealkylation sites (tertiary alicyclic amines) is 1. The second kappa shape index (κ2) is 8.33. The molecule has 0 N–H and O–H groups in total. The first-order valence-electron chi connectivity index (χ1n) is 10.5. The Morgan fingerprint density at radius 1 is 1.17 bits per heavy atom. The quantitative estimate of drug-likeness (QED) is 0.322. The minimum absolute atomic E-state index is 0.123. The van der Waals surface area contributed by atoms with Crippen molar-refractivity contribution in [3.05, 3.63) is 77.1 Å². The Morgan fingerprint density at radius 2 is 1.91 bits per heavy atom. The van der Waals surface area contributed by atoms with Gasteiger partial charge in [0.15, 0.2) is 17.0 Å². The highest BCUT2D eigenvalue weighted by Gasteiger charge is 2.42. The zero-order chi connectivity index (χ0) is 25.0. The molecule has 0 aromatic carbocycles. The maximum atomic E-state index is 15.4. The zero-order valence-electron chi connectivity index (χ0n) is 17.8. The molecule has 35 heavy (non-hydrogen) atoms. The minimum atomic E-state index is -4.78. The van der Waals surface area contributed by atoms with Gasteiger partial charge in [0.05, 0.1) is 18.1 Å². The summed E-state index contributed by atoms with van der Waals surface area (Å²) in [7, 11) is 0. The van der Waals surface area contributed by atoms with Crippen LogP contribution in [0.3, 0.4) is 0 Å². The number of rotatable bonds is 3. The summed E-state index contributed by atoms with van der Waals surface area (Å²) in [6.07, 6.45) is -0.0548. The van der Waals surface area contributed by atoms with Gasteiger partial charge in [-0.2, -0.15) is 13.2 Å². The van der Waals surface area contributed by atoms with Crippen LogP contribution in [0.15, 0.2) is 53.6 Å². The van der Waals surface area contributed by atoms with E-state index in [9.17, 15) is 22.4 Å². The fourth-order valence-corrected chi connectivity index (χ4v) is 4.47. The van der Waals surface area contributed by atoms with Crippen LogP contribution in [0.25, 0.3) is 16.8 Å². The van der Waals surface area contributed by atoms with E-state index in [2.05, 4.69) is 9.97 Å². The van der Waals surface area contributed by atoms with Gasteiger partial charge >= 0.3 is 6.18 Å². The molecule has 5 heterocycles. The van der Waals surface area contributed by atoms with Gasteiger partial charge in [-0.25, -0.2) is 13.8 Å². The number of fused-ring (bicyclic) bond motifs is 1. The molecule has 1 aliphatic heterocycles. The second-order valence-electron chi connectivity index (χ2n) is 8.19. The van der Waals surface area contributed by atoms with E-state index in [1.165, 1.54) is 42.0 Å². The second-order valence-corrected chi connectivity index (χ2v) is 8.55. The molecule has 0 radical (unpaired) electrons. The van der Waals surface area contributed by atoms with Gasteiger partial charge in [0.25, 0.3) is 5.91 Å². The number of carbonyl (C=O) groups excluding carboxylic acids is 1. The fraction of sp³-hybridized carbons (Fsp3) is 0.261. The molecule has 182 valence electrons. The van der Waals surface area contributed by atoms with Gasteiger partial charge in [-0.3, -0.25) is 14.2 Å². The molecule has 1 amide bonds. The van der Waals surface area contributed by atoms with Gasteiger partial charge in [-0.15, -0.1) is 0 Å². The van der Waals surface area contributed by atoms with Crippen molar-refractivity contribution < 1.29 is 31.2 Å². The summed E-state index contributed by atoms with van der Waals surface area (Å²) < 4.78 is 76.9. The third kappa shape index (κ3) is 4.03. The number of halogens is 6. The first kappa shape index (κ1) is 23.3. The van der Waals surface area contributed by atoms with E-state index in [0.717, 1.165) is 16.5 Å². The smallest absolute Gasteiger partial charge is 0.420 e. The summed E-state index contributed by atoms with van der Waals surface area (Å²) >= 11 is 6.33. The average molecular weight is 511 g/mol. The van der Waals surface area contributed by atoms with E-state index in [4.69, 9.17) is 16.0 Å². The van der Waals surface area contributed by atoms with E-state index in [0.29, 0.717) is 5.56 Å². The van der Waals surface area contributed by atoms with E-state index in [1.807, 2.05) is 0 Å². The number of nitrogens with zero attached hydrogens (tertiary/aromatic N) is 4.